The molecule has 3 heteroatoms. The van der Waals surface area contributed by atoms with E-state index in [9.17, 15) is 4.79 Å². The summed E-state index contributed by atoms with van der Waals surface area (Å²) in [7, 11) is 1.60. The summed E-state index contributed by atoms with van der Waals surface area (Å²) in [6, 6.07) is 7.77. The average molecular weight is 203 g/mol. The fraction of sp³-hybridized carbons (Fsp3) is 0.250. The van der Waals surface area contributed by atoms with E-state index in [1.807, 2.05) is 36.4 Å². The van der Waals surface area contributed by atoms with Crippen LogP contribution in [-0.4, -0.2) is 19.2 Å². The molecule has 1 aromatic carbocycles. The van der Waals surface area contributed by atoms with Crippen LogP contribution >= 0.6 is 0 Å². The van der Waals surface area contributed by atoms with Crippen molar-refractivity contribution in [3.63, 3.8) is 0 Å². The van der Waals surface area contributed by atoms with E-state index in [2.05, 4.69) is 0 Å². The quantitative estimate of drug-likeness (QED) is 0.699. The summed E-state index contributed by atoms with van der Waals surface area (Å²) in [5.74, 6) is -0.0151. The molecule has 0 aromatic heterocycles. The predicted octanol–water partition coefficient (Wildman–Crippen LogP) is 2.04. The van der Waals surface area contributed by atoms with Gasteiger partial charge >= 0.3 is 0 Å². The van der Waals surface area contributed by atoms with Gasteiger partial charge in [0.1, 0.15) is 0 Å². The maximum atomic E-state index is 11.5. The summed E-state index contributed by atoms with van der Waals surface area (Å²) in [6.45, 7) is 1.54. The van der Waals surface area contributed by atoms with E-state index in [1.54, 1.807) is 18.9 Å². The fourth-order valence-corrected chi connectivity index (χ4v) is 1.79. The Hall–Kier alpha value is -1.61. The maximum Gasteiger partial charge on any atom is 0.226 e. The summed E-state index contributed by atoms with van der Waals surface area (Å²) < 4.78 is 5.24. The number of para-hydroxylation sites is 1. The zero-order chi connectivity index (χ0) is 10.8. The number of amides is 1. The van der Waals surface area contributed by atoms with E-state index in [4.69, 9.17) is 4.74 Å². The molecule has 0 bridgehead atoms. The van der Waals surface area contributed by atoms with Gasteiger partial charge in [0.2, 0.25) is 5.91 Å². The molecule has 0 fully saturated rings. The first-order valence-electron chi connectivity index (χ1n) is 4.84. The Bertz CT molecular complexity index is 412. The van der Waals surface area contributed by atoms with Gasteiger partial charge in [0.15, 0.2) is 6.23 Å². The highest BCUT2D eigenvalue weighted by Gasteiger charge is 2.24. The van der Waals surface area contributed by atoms with E-state index in [1.165, 1.54) is 0 Å². The Morgan fingerprint density at radius 1 is 1.40 bits per heavy atom. The molecule has 1 unspecified atom stereocenters. The van der Waals surface area contributed by atoms with Crippen molar-refractivity contribution in [1.29, 1.82) is 0 Å². The summed E-state index contributed by atoms with van der Waals surface area (Å²) >= 11 is 0. The Labute approximate surface area is 89.0 Å². The predicted molar refractivity (Wildman–Crippen MR) is 59.4 cm³/mol. The van der Waals surface area contributed by atoms with Crippen LogP contribution in [0, 0.1) is 0 Å². The molecule has 15 heavy (non-hydrogen) atoms. The van der Waals surface area contributed by atoms with Gasteiger partial charge in [-0.05, 0) is 17.7 Å². The lowest BCUT2D eigenvalue weighted by molar-refractivity contribution is -0.118. The molecule has 1 aliphatic rings. The summed E-state index contributed by atoms with van der Waals surface area (Å²) in [5.41, 5.74) is 1.94. The van der Waals surface area contributed by atoms with Crippen LogP contribution in [0.15, 0.2) is 30.3 Å². The summed E-state index contributed by atoms with van der Waals surface area (Å²) in [6.07, 6.45) is 3.56. The number of nitrogens with zero attached hydrogens (tertiary/aromatic N) is 1. The maximum absolute atomic E-state index is 11.5. The molecule has 1 heterocycles. The lowest BCUT2D eigenvalue weighted by atomic mass is 10.1. The molecule has 78 valence electrons. The van der Waals surface area contributed by atoms with Crippen molar-refractivity contribution in [2.75, 3.05) is 12.0 Å². The van der Waals surface area contributed by atoms with Crippen LogP contribution in [0.1, 0.15) is 12.5 Å². The third kappa shape index (κ3) is 1.66. The zero-order valence-corrected chi connectivity index (χ0v) is 8.81. The average Bonchev–Trinajstić information content (AvgIpc) is 2.27. The highest BCUT2D eigenvalue weighted by atomic mass is 16.5. The molecule has 3 nitrogen and oxygen atoms in total. The van der Waals surface area contributed by atoms with Gasteiger partial charge in [-0.15, -0.1) is 0 Å². The first-order valence-corrected chi connectivity index (χ1v) is 4.84. The molecule has 0 saturated heterocycles. The molecule has 1 atom stereocenters. The van der Waals surface area contributed by atoms with E-state index < -0.39 is 0 Å². The number of hydrogen-bond donors (Lipinski definition) is 0. The molecule has 0 N–H and O–H groups in total. The number of carbonyl (C=O) groups is 1. The van der Waals surface area contributed by atoms with Gasteiger partial charge in [0.05, 0.1) is 5.69 Å². The molecule has 1 aliphatic heterocycles. The second-order valence-electron chi connectivity index (χ2n) is 3.43. The molecule has 0 spiro atoms. The first kappa shape index (κ1) is 9.93. The lowest BCUT2D eigenvalue weighted by Gasteiger charge is -2.31. The van der Waals surface area contributed by atoms with Crippen molar-refractivity contribution in [2.45, 2.75) is 13.2 Å². The van der Waals surface area contributed by atoms with Gasteiger partial charge in [0.25, 0.3) is 0 Å². The number of benzene rings is 1. The topological polar surface area (TPSA) is 29.5 Å². The molecule has 0 saturated carbocycles. The second kappa shape index (κ2) is 3.87. The van der Waals surface area contributed by atoms with Crippen molar-refractivity contribution in [1.82, 2.24) is 0 Å². The number of rotatable bonds is 1. The van der Waals surface area contributed by atoms with Crippen molar-refractivity contribution in [3.05, 3.63) is 35.9 Å². The van der Waals surface area contributed by atoms with E-state index >= 15 is 0 Å². The monoisotopic (exact) mass is 203 g/mol. The van der Waals surface area contributed by atoms with Crippen LogP contribution in [0.25, 0.3) is 6.08 Å². The van der Waals surface area contributed by atoms with Crippen LogP contribution in [0.5, 0.6) is 0 Å². The van der Waals surface area contributed by atoms with Crippen LogP contribution in [0.3, 0.4) is 0 Å². The Morgan fingerprint density at radius 3 is 2.80 bits per heavy atom. The molecular formula is C12H13NO2. The highest BCUT2D eigenvalue weighted by Crippen LogP contribution is 2.28. The number of anilines is 1. The highest BCUT2D eigenvalue weighted by molar-refractivity contribution is 5.96. The third-order valence-corrected chi connectivity index (χ3v) is 2.47. The minimum atomic E-state index is -0.294. The Balaban J connectivity index is 2.49. The van der Waals surface area contributed by atoms with Crippen LogP contribution in [-0.2, 0) is 9.53 Å². The molecular weight excluding hydrogens is 190 g/mol. The minimum Gasteiger partial charge on any atom is -0.357 e. The van der Waals surface area contributed by atoms with Crippen LogP contribution in [0.4, 0.5) is 5.69 Å². The van der Waals surface area contributed by atoms with Crippen molar-refractivity contribution < 1.29 is 9.53 Å². The van der Waals surface area contributed by atoms with Gasteiger partial charge in [-0.25, -0.2) is 0 Å². The number of ether oxygens (including phenoxy) is 1. The van der Waals surface area contributed by atoms with Gasteiger partial charge in [-0.1, -0.05) is 24.3 Å². The Morgan fingerprint density at radius 2 is 2.13 bits per heavy atom. The van der Waals surface area contributed by atoms with E-state index in [0.29, 0.717) is 0 Å². The van der Waals surface area contributed by atoms with E-state index in [-0.39, 0.29) is 12.1 Å². The molecule has 2 rings (SSSR count). The molecule has 1 amide bonds. The Kier molecular flexibility index (Phi) is 2.56. The van der Waals surface area contributed by atoms with Crippen molar-refractivity contribution in [2.24, 2.45) is 0 Å². The summed E-state index contributed by atoms with van der Waals surface area (Å²) in [5, 5.41) is 0. The number of fused-ring (bicyclic) bond motifs is 1. The largest absolute Gasteiger partial charge is 0.357 e. The molecule has 1 aromatic rings. The smallest absolute Gasteiger partial charge is 0.226 e. The number of carbonyl (C=O) groups excluding carboxylic acids is 1. The van der Waals surface area contributed by atoms with E-state index in [0.717, 1.165) is 11.3 Å². The van der Waals surface area contributed by atoms with Gasteiger partial charge in [-0.3, -0.25) is 9.69 Å². The standard InChI is InChI=1S/C12H13NO2/c1-9(14)13-11-6-4-3-5-10(11)7-8-12(13)15-2/h3-8,12H,1-2H3. The molecule has 0 aliphatic carbocycles. The first-order chi connectivity index (χ1) is 7.24. The van der Waals surface area contributed by atoms with Crippen molar-refractivity contribution in [3.8, 4) is 0 Å². The van der Waals surface area contributed by atoms with Crippen LogP contribution in [0.2, 0.25) is 0 Å². The van der Waals surface area contributed by atoms with Gasteiger partial charge in [0, 0.05) is 14.0 Å². The SMILES string of the molecule is COC1C=Cc2ccccc2N1C(C)=O. The normalized spacial score (nSPS) is 18.8. The number of methoxy groups -OCH3 is 1. The third-order valence-electron chi connectivity index (χ3n) is 2.47. The fourth-order valence-electron chi connectivity index (χ4n) is 1.79. The van der Waals surface area contributed by atoms with Crippen molar-refractivity contribution >= 4 is 17.7 Å². The van der Waals surface area contributed by atoms with Gasteiger partial charge in [-0.2, -0.15) is 0 Å². The van der Waals surface area contributed by atoms with Crippen LogP contribution < -0.4 is 4.90 Å². The second-order valence-corrected chi connectivity index (χ2v) is 3.43. The van der Waals surface area contributed by atoms with Gasteiger partial charge < -0.3 is 4.74 Å². The lowest BCUT2D eigenvalue weighted by Crippen LogP contribution is -2.40. The summed E-state index contributed by atoms with van der Waals surface area (Å²) in [4.78, 5) is 13.2. The number of hydrogen-bond acceptors (Lipinski definition) is 2. The molecule has 0 radical (unpaired) electrons. The minimum absolute atomic E-state index is 0.0151. The zero-order valence-electron chi connectivity index (χ0n) is 8.81.